The number of aliphatic hydroxyl groups excluding tert-OH is 1. The van der Waals surface area contributed by atoms with Crippen LogP contribution in [-0.2, 0) is 0 Å². The number of hydrogen-bond donors (Lipinski definition) is 2. The number of hydrogen-bond acceptors (Lipinski definition) is 3. The van der Waals surface area contributed by atoms with E-state index in [1.165, 1.54) is 25.7 Å². The average Bonchev–Trinajstić information content (AvgIpc) is 2.18. The van der Waals surface area contributed by atoms with E-state index in [2.05, 4.69) is 18.5 Å². The predicted molar refractivity (Wildman–Crippen MR) is 63.8 cm³/mol. The first kappa shape index (κ1) is 12.3. The molecule has 0 radical (unpaired) electrons. The average molecular weight is 217 g/mol. The second kappa shape index (κ2) is 5.99. The first-order valence-corrected chi connectivity index (χ1v) is 6.91. The maximum absolute atomic E-state index is 9.44. The van der Waals surface area contributed by atoms with Crippen LogP contribution >= 0.6 is 11.8 Å². The van der Waals surface area contributed by atoms with Crippen LogP contribution in [0, 0.1) is 0 Å². The highest BCUT2D eigenvalue weighted by Crippen LogP contribution is 2.27. The maximum Gasteiger partial charge on any atom is 0.0662 e. The molecule has 0 aromatic carbocycles. The van der Waals surface area contributed by atoms with Gasteiger partial charge in [0.2, 0.25) is 0 Å². The lowest BCUT2D eigenvalue weighted by Crippen LogP contribution is -2.48. The van der Waals surface area contributed by atoms with Crippen molar-refractivity contribution in [2.75, 3.05) is 6.26 Å². The Morgan fingerprint density at radius 2 is 1.93 bits per heavy atom. The summed E-state index contributed by atoms with van der Waals surface area (Å²) >= 11 is 1.96. The van der Waals surface area contributed by atoms with Crippen molar-refractivity contribution in [2.45, 2.75) is 63.0 Å². The molecule has 84 valence electrons. The van der Waals surface area contributed by atoms with Crippen LogP contribution in [0.15, 0.2) is 0 Å². The summed E-state index contributed by atoms with van der Waals surface area (Å²) in [6.45, 7) is 3.92. The third kappa shape index (κ3) is 3.44. The highest BCUT2D eigenvalue weighted by Gasteiger charge is 2.26. The van der Waals surface area contributed by atoms with Crippen LogP contribution in [0.2, 0.25) is 0 Å². The molecule has 1 saturated carbocycles. The van der Waals surface area contributed by atoms with Crippen molar-refractivity contribution in [3.8, 4) is 0 Å². The molecule has 4 atom stereocenters. The van der Waals surface area contributed by atoms with E-state index in [4.69, 9.17) is 0 Å². The summed E-state index contributed by atoms with van der Waals surface area (Å²) in [5.74, 6) is 0. The van der Waals surface area contributed by atoms with Gasteiger partial charge in [-0.2, -0.15) is 11.8 Å². The maximum atomic E-state index is 9.44. The fourth-order valence-corrected chi connectivity index (χ4v) is 2.99. The molecule has 2 N–H and O–H groups in total. The minimum atomic E-state index is -0.251. The fraction of sp³-hybridized carbons (Fsp3) is 1.00. The first-order chi connectivity index (χ1) is 6.65. The highest BCUT2D eigenvalue weighted by molar-refractivity contribution is 7.99. The van der Waals surface area contributed by atoms with Gasteiger partial charge in [0, 0.05) is 17.3 Å². The molecule has 0 aromatic heterocycles. The van der Waals surface area contributed by atoms with Crippen molar-refractivity contribution in [3.63, 3.8) is 0 Å². The van der Waals surface area contributed by atoms with Crippen LogP contribution in [0.4, 0.5) is 0 Å². The molecule has 1 rings (SSSR count). The molecule has 0 amide bonds. The minimum absolute atomic E-state index is 0.216. The molecule has 0 spiro atoms. The van der Waals surface area contributed by atoms with Crippen molar-refractivity contribution < 1.29 is 5.11 Å². The van der Waals surface area contributed by atoms with Crippen molar-refractivity contribution in [3.05, 3.63) is 0 Å². The summed E-state index contributed by atoms with van der Waals surface area (Å²) in [5.41, 5.74) is 0. The summed E-state index contributed by atoms with van der Waals surface area (Å²) in [7, 11) is 0. The molecule has 0 aliphatic heterocycles. The molecule has 14 heavy (non-hydrogen) atoms. The van der Waals surface area contributed by atoms with Crippen molar-refractivity contribution in [2.24, 2.45) is 0 Å². The van der Waals surface area contributed by atoms with Crippen molar-refractivity contribution in [1.29, 1.82) is 0 Å². The normalized spacial score (nSPS) is 32.6. The smallest absolute Gasteiger partial charge is 0.0662 e. The molecule has 1 aliphatic carbocycles. The zero-order valence-electron chi connectivity index (χ0n) is 9.49. The molecular formula is C11H23NOS. The van der Waals surface area contributed by atoms with Gasteiger partial charge in [-0.15, -0.1) is 0 Å². The van der Waals surface area contributed by atoms with Crippen LogP contribution in [0.25, 0.3) is 0 Å². The summed E-state index contributed by atoms with van der Waals surface area (Å²) in [5, 5.41) is 13.7. The summed E-state index contributed by atoms with van der Waals surface area (Å²) in [6, 6.07) is 0.816. The van der Waals surface area contributed by atoms with Gasteiger partial charge < -0.3 is 10.4 Å². The Morgan fingerprint density at radius 1 is 1.29 bits per heavy atom. The van der Waals surface area contributed by atoms with E-state index in [0.29, 0.717) is 6.04 Å². The van der Waals surface area contributed by atoms with E-state index < -0.39 is 0 Å². The van der Waals surface area contributed by atoms with Gasteiger partial charge in [0.1, 0.15) is 0 Å². The van der Waals surface area contributed by atoms with Crippen LogP contribution in [0.5, 0.6) is 0 Å². The standard InChI is InChI=1S/C11H23NOS/c1-8(9(2)13)12-10-6-4-5-7-11(10)14-3/h8-13H,4-7H2,1-3H3. The fourth-order valence-electron chi connectivity index (χ4n) is 2.05. The van der Waals surface area contributed by atoms with Gasteiger partial charge in [-0.1, -0.05) is 12.8 Å². The Labute approximate surface area is 91.9 Å². The van der Waals surface area contributed by atoms with E-state index in [1.807, 2.05) is 18.7 Å². The molecule has 1 aliphatic rings. The summed E-state index contributed by atoms with van der Waals surface area (Å²) in [4.78, 5) is 0. The molecule has 0 aromatic rings. The van der Waals surface area contributed by atoms with Gasteiger partial charge in [-0.3, -0.25) is 0 Å². The molecule has 1 fully saturated rings. The van der Waals surface area contributed by atoms with E-state index in [0.717, 1.165) is 5.25 Å². The van der Waals surface area contributed by atoms with E-state index in [9.17, 15) is 5.11 Å². The molecule has 0 heterocycles. The molecule has 4 unspecified atom stereocenters. The van der Waals surface area contributed by atoms with Crippen LogP contribution in [0.3, 0.4) is 0 Å². The SMILES string of the molecule is CSC1CCCCC1NC(C)C(C)O. The lowest BCUT2D eigenvalue weighted by Gasteiger charge is -2.34. The quantitative estimate of drug-likeness (QED) is 0.755. The third-order valence-corrected chi connectivity index (χ3v) is 4.38. The predicted octanol–water partition coefficient (Wildman–Crippen LogP) is 2.02. The summed E-state index contributed by atoms with van der Waals surface area (Å²) in [6.07, 6.45) is 7.24. The van der Waals surface area contributed by atoms with E-state index >= 15 is 0 Å². The van der Waals surface area contributed by atoms with Crippen LogP contribution in [-0.4, -0.2) is 34.8 Å². The van der Waals surface area contributed by atoms with Crippen molar-refractivity contribution in [1.82, 2.24) is 5.32 Å². The second-order valence-corrected chi connectivity index (χ2v) is 5.44. The van der Waals surface area contributed by atoms with E-state index in [-0.39, 0.29) is 12.1 Å². The third-order valence-electron chi connectivity index (χ3n) is 3.21. The largest absolute Gasteiger partial charge is 0.392 e. The molecule has 2 nitrogen and oxygen atoms in total. The molecular weight excluding hydrogens is 194 g/mol. The Bertz CT molecular complexity index is 163. The summed E-state index contributed by atoms with van der Waals surface area (Å²) < 4.78 is 0. The van der Waals surface area contributed by atoms with Crippen LogP contribution < -0.4 is 5.32 Å². The van der Waals surface area contributed by atoms with Gasteiger partial charge >= 0.3 is 0 Å². The lowest BCUT2D eigenvalue weighted by atomic mass is 9.94. The highest BCUT2D eigenvalue weighted by atomic mass is 32.2. The molecule has 0 bridgehead atoms. The Morgan fingerprint density at radius 3 is 2.50 bits per heavy atom. The number of nitrogens with one attached hydrogen (secondary N) is 1. The lowest BCUT2D eigenvalue weighted by molar-refractivity contribution is 0.141. The number of rotatable bonds is 4. The van der Waals surface area contributed by atoms with Gasteiger partial charge in [0.25, 0.3) is 0 Å². The topological polar surface area (TPSA) is 32.3 Å². The Hall–Kier alpha value is 0.270. The first-order valence-electron chi connectivity index (χ1n) is 5.62. The van der Waals surface area contributed by atoms with Crippen molar-refractivity contribution >= 4 is 11.8 Å². The number of thioether (sulfide) groups is 1. The van der Waals surface area contributed by atoms with Gasteiger partial charge in [0.15, 0.2) is 0 Å². The molecule has 0 saturated heterocycles. The van der Waals surface area contributed by atoms with Crippen LogP contribution in [0.1, 0.15) is 39.5 Å². The zero-order valence-corrected chi connectivity index (χ0v) is 10.3. The second-order valence-electron chi connectivity index (χ2n) is 4.36. The Kier molecular flexibility index (Phi) is 5.28. The Balaban J connectivity index is 2.40. The monoisotopic (exact) mass is 217 g/mol. The zero-order chi connectivity index (χ0) is 10.6. The minimum Gasteiger partial charge on any atom is -0.392 e. The number of aliphatic hydroxyl groups is 1. The van der Waals surface area contributed by atoms with E-state index in [1.54, 1.807) is 0 Å². The molecule has 3 heteroatoms. The van der Waals surface area contributed by atoms with Gasteiger partial charge in [0.05, 0.1) is 6.10 Å². The van der Waals surface area contributed by atoms with Gasteiger partial charge in [-0.05, 0) is 32.9 Å². The van der Waals surface area contributed by atoms with Gasteiger partial charge in [-0.25, -0.2) is 0 Å².